The molecule has 0 aromatic rings. The molecule has 2 rings (SSSR count). The molecule has 2 atom stereocenters. The van der Waals surface area contributed by atoms with Crippen LogP contribution in [0.3, 0.4) is 0 Å². The standard InChI is InChI=1S/C20H37N3O2/c1-15(2)11-19(24)21(3)9-6-10-22(4)20(25)14-16-12-17-7-8-18(13-16)23(17)5/h15-18H,6-14H2,1-5H3. The molecule has 2 aliphatic rings. The minimum absolute atomic E-state index is 0.200. The molecule has 0 spiro atoms. The Morgan fingerprint density at radius 3 is 2.04 bits per heavy atom. The van der Waals surface area contributed by atoms with Crippen LogP contribution in [-0.2, 0) is 9.59 Å². The fraction of sp³-hybridized carbons (Fsp3) is 0.900. The molecular weight excluding hydrogens is 314 g/mol. The van der Waals surface area contributed by atoms with E-state index in [9.17, 15) is 9.59 Å². The first-order valence-corrected chi connectivity index (χ1v) is 9.97. The van der Waals surface area contributed by atoms with E-state index in [4.69, 9.17) is 0 Å². The largest absolute Gasteiger partial charge is 0.346 e. The summed E-state index contributed by atoms with van der Waals surface area (Å²) < 4.78 is 0. The lowest BCUT2D eigenvalue weighted by Gasteiger charge is -2.36. The van der Waals surface area contributed by atoms with Gasteiger partial charge in [0.2, 0.25) is 11.8 Å². The number of carbonyl (C=O) groups excluding carboxylic acids is 2. The van der Waals surface area contributed by atoms with Crippen molar-refractivity contribution in [3.8, 4) is 0 Å². The van der Waals surface area contributed by atoms with Crippen LogP contribution in [0.5, 0.6) is 0 Å². The van der Waals surface area contributed by atoms with Crippen LogP contribution >= 0.6 is 0 Å². The van der Waals surface area contributed by atoms with Crippen LogP contribution in [0.15, 0.2) is 0 Å². The summed E-state index contributed by atoms with van der Waals surface area (Å²) in [6.45, 7) is 5.58. The number of fused-ring (bicyclic) bond motifs is 2. The second kappa shape index (κ2) is 9.02. The van der Waals surface area contributed by atoms with Crippen LogP contribution in [0.2, 0.25) is 0 Å². The highest BCUT2D eigenvalue weighted by molar-refractivity contribution is 5.76. The molecule has 0 saturated carbocycles. The molecule has 2 amide bonds. The minimum Gasteiger partial charge on any atom is -0.346 e. The fourth-order valence-electron chi connectivity index (χ4n) is 4.39. The Balaban J connectivity index is 1.66. The second-order valence-corrected chi connectivity index (χ2v) is 8.67. The highest BCUT2D eigenvalue weighted by atomic mass is 16.2. The van der Waals surface area contributed by atoms with Crippen molar-refractivity contribution in [2.75, 3.05) is 34.2 Å². The van der Waals surface area contributed by atoms with E-state index in [1.807, 2.05) is 19.0 Å². The molecule has 0 radical (unpaired) electrons. The van der Waals surface area contributed by atoms with E-state index in [0.29, 0.717) is 36.8 Å². The van der Waals surface area contributed by atoms with Crippen molar-refractivity contribution in [3.05, 3.63) is 0 Å². The molecular formula is C20H37N3O2. The monoisotopic (exact) mass is 351 g/mol. The van der Waals surface area contributed by atoms with Gasteiger partial charge in [0.1, 0.15) is 0 Å². The molecule has 0 aromatic heterocycles. The normalized spacial score (nSPS) is 26.1. The van der Waals surface area contributed by atoms with E-state index >= 15 is 0 Å². The SMILES string of the molecule is CC(C)CC(=O)N(C)CCCN(C)C(=O)CC1CC2CCC(C1)N2C. The van der Waals surface area contributed by atoms with Gasteiger partial charge < -0.3 is 14.7 Å². The number of piperidine rings is 1. The summed E-state index contributed by atoms with van der Waals surface area (Å²) in [4.78, 5) is 30.7. The van der Waals surface area contributed by atoms with Gasteiger partial charge in [-0.3, -0.25) is 9.59 Å². The van der Waals surface area contributed by atoms with Crippen molar-refractivity contribution >= 4 is 11.8 Å². The Morgan fingerprint density at radius 1 is 1.00 bits per heavy atom. The topological polar surface area (TPSA) is 43.9 Å². The fourth-order valence-corrected chi connectivity index (χ4v) is 4.39. The summed E-state index contributed by atoms with van der Waals surface area (Å²) >= 11 is 0. The van der Waals surface area contributed by atoms with Crippen LogP contribution in [0.4, 0.5) is 0 Å². The lowest BCUT2D eigenvalue weighted by atomic mass is 9.88. The molecule has 2 fully saturated rings. The van der Waals surface area contributed by atoms with Gasteiger partial charge in [-0.25, -0.2) is 0 Å². The predicted molar refractivity (Wildman–Crippen MR) is 101 cm³/mol. The van der Waals surface area contributed by atoms with E-state index in [0.717, 1.165) is 19.5 Å². The first-order chi connectivity index (χ1) is 11.8. The summed E-state index contributed by atoms with van der Waals surface area (Å²) in [6, 6.07) is 1.39. The van der Waals surface area contributed by atoms with E-state index < -0.39 is 0 Å². The first-order valence-electron chi connectivity index (χ1n) is 9.97. The maximum Gasteiger partial charge on any atom is 0.222 e. The van der Waals surface area contributed by atoms with Crippen molar-refractivity contribution in [2.24, 2.45) is 11.8 Å². The third-order valence-electron chi connectivity index (χ3n) is 6.08. The van der Waals surface area contributed by atoms with Crippen LogP contribution in [-0.4, -0.2) is 72.8 Å². The van der Waals surface area contributed by atoms with Crippen molar-refractivity contribution < 1.29 is 9.59 Å². The molecule has 144 valence electrons. The maximum absolute atomic E-state index is 12.5. The van der Waals surface area contributed by atoms with E-state index in [1.165, 1.54) is 25.7 Å². The zero-order chi connectivity index (χ0) is 18.6. The lowest BCUT2D eigenvalue weighted by molar-refractivity contribution is -0.131. The van der Waals surface area contributed by atoms with E-state index in [-0.39, 0.29) is 11.8 Å². The third-order valence-corrected chi connectivity index (χ3v) is 6.08. The molecule has 2 bridgehead atoms. The number of nitrogens with zero attached hydrogens (tertiary/aromatic N) is 3. The number of amides is 2. The molecule has 2 saturated heterocycles. The molecule has 2 aliphatic heterocycles. The lowest BCUT2D eigenvalue weighted by Crippen LogP contribution is -2.41. The second-order valence-electron chi connectivity index (χ2n) is 8.67. The summed E-state index contributed by atoms with van der Waals surface area (Å²) in [5, 5.41) is 0. The van der Waals surface area contributed by atoms with Crippen LogP contribution in [0, 0.1) is 11.8 Å². The van der Waals surface area contributed by atoms with E-state index in [2.05, 4.69) is 25.8 Å². The molecule has 5 nitrogen and oxygen atoms in total. The van der Waals surface area contributed by atoms with Gasteiger partial charge in [0.15, 0.2) is 0 Å². The zero-order valence-corrected chi connectivity index (χ0v) is 16.8. The number of hydrogen-bond acceptors (Lipinski definition) is 3. The summed E-state index contributed by atoms with van der Waals surface area (Å²) in [7, 11) is 6.01. The molecule has 2 heterocycles. The van der Waals surface area contributed by atoms with Gasteiger partial charge in [-0.15, -0.1) is 0 Å². The molecule has 5 heteroatoms. The molecule has 2 unspecified atom stereocenters. The van der Waals surface area contributed by atoms with E-state index in [1.54, 1.807) is 4.90 Å². The summed E-state index contributed by atoms with van der Waals surface area (Å²) in [5.74, 6) is 1.42. The average Bonchev–Trinajstić information content (AvgIpc) is 2.75. The maximum atomic E-state index is 12.5. The Bertz CT molecular complexity index is 452. The molecule has 0 aliphatic carbocycles. The highest BCUT2D eigenvalue weighted by Gasteiger charge is 2.39. The quantitative estimate of drug-likeness (QED) is 0.675. The Morgan fingerprint density at radius 2 is 1.52 bits per heavy atom. The van der Waals surface area contributed by atoms with Gasteiger partial charge in [0.05, 0.1) is 0 Å². The van der Waals surface area contributed by atoms with Crippen LogP contribution in [0.1, 0.15) is 58.8 Å². The highest BCUT2D eigenvalue weighted by Crippen LogP contribution is 2.38. The Labute approximate surface area is 153 Å². The third kappa shape index (κ3) is 5.70. The Kier molecular flexibility index (Phi) is 7.29. The van der Waals surface area contributed by atoms with Crippen molar-refractivity contribution in [2.45, 2.75) is 70.9 Å². The molecule has 0 N–H and O–H groups in total. The molecule has 25 heavy (non-hydrogen) atoms. The van der Waals surface area contributed by atoms with Gasteiger partial charge in [-0.05, 0) is 51.0 Å². The van der Waals surface area contributed by atoms with Crippen LogP contribution in [0.25, 0.3) is 0 Å². The number of hydrogen-bond donors (Lipinski definition) is 0. The summed E-state index contributed by atoms with van der Waals surface area (Å²) in [5.41, 5.74) is 0. The van der Waals surface area contributed by atoms with Gasteiger partial charge in [-0.1, -0.05) is 13.8 Å². The Hall–Kier alpha value is -1.10. The smallest absolute Gasteiger partial charge is 0.222 e. The number of rotatable bonds is 8. The van der Waals surface area contributed by atoms with Crippen molar-refractivity contribution in [3.63, 3.8) is 0 Å². The zero-order valence-electron chi connectivity index (χ0n) is 16.8. The summed E-state index contributed by atoms with van der Waals surface area (Å²) in [6.07, 6.45) is 7.11. The number of carbonyl (C=O) groups is 2. The first kappa shape index (κ1) is 20.2. The van der Waals surface area contributed by atoms with Gasteiger partial charge in [0, 0.05) is 52.1 Å². The van der Waals surface area contributed by atoms with Crippen molar-refractivity contribution in [1.82, 2.24) is 14.7 Å². The predicted octanol–water partition coefficient (Wildman–Crippen LogP) is 2.60. The molecule has 0 aromatic carbocycles. The van der Waals surface area contributed by atoms with Crippen molar-refractivity contribution in [1.29, 1.82) is 0 Å². The minimum atomic E-state index is 0.200. The van der Waals surface area contributed by atoms with Gasteiger partial charge in [0.25, 0.3) is 0 Å². The van der Waals surface area contributed by atoms with Gasteiger partial charge >= 0.3 is 0 Å². The van der Waals surface area contributed by atoms with Gasteiger partial charge in [-0.2, -0.15) is 0 Å². The average molecular weight is 352 g/mol. The van der Waals surface area contributed by atoms with Crippen LogP contribution < -0.4 is 0 Å².